The average molecular weight is 165 g/mol. The number of hydrogen-bond acceptors (Lipinski definition) is 4. The van der Waals surface area contributed by atoms with E-state index in [1.165, 1.54) is 0 Å². The number of hydrogen-bond donors (Lipinski definition) is 0. The molecule has 0 saturated heterocycles. The Morgan fingerprint density at radius 2 is 2.45 bits per heavy atom. The van der Waals surface area contributed by atoms with Crippen molar-refractivity contribution >= 4 is 23.1 Å². The van der Waals surface area contributed by atoms with Crippen LogP contribution in [0.1, 0.15) is 0 Å². The van der Waals surface area contributed by atoms with Crippen LogP contribution in [-0.2, 0) is 0 Å². The van der Waals surface area contributed by atoms with Crippen LogP contribution >= 0.6 is 11.8 Å². The SMILES string of the molecule is C1=NN(c2ccccn2)CS1. The van der Waals surface area contributed by atoms with Crippen LogP contribution in [-0.4, -0.2) is 16.4 Å². The molecule has 4 heteroatoms. The molecule has 0 spiro atoms. The van der Waals surface area contributed by atoms with Gasteiger partial charge < -0.3 is 0 Å². The third-order valence-electron chi connectivity index (χ3n) is 1.37. The van der Waals surface area contributed by atoms with Crippen molar-refractivity contribution in [2.75, 3.05) is 10.9 Å². The molecule has 1 aromatic rings. The van der Waals surface area contributed by atoms with Gasteiger partial charge >= 0.3 is 0 Å². The van der Waals surface area contributed by atoms with Crippen LogP contribution in [0.5, 0.6) is 0 Å². The van der Waals surface area contributed by atoms with Gasteiger partial charge in [-0.3, -0.25) is 0 Å². The molecule has 3 nitrogen and oxygen atoms in total. The van der Waals surface area contributed by atoms with E-state index in [9.17, 15) is 0 Å². The quantitative estimate of drug-likeness (QED) is 0.632. The third kappa shape index (κ3) is 1.35. The van der Waals surface area contributed by atoms with Gasteiger partial charge in [0.15, 0.2) is 0 Å². The van der Waals surface area contributed by atoms with E-state index >= 15 is 0 Å². The standard InChI is InChI=1S/C7H7N3S/c1-2-4-8-7(3-1)10-6-11-5-9-10/h1-5H,6H2. The lowest BCUT2D eigenvalue weighted by molar-refractivity contribution is 0.974. The summed E-state index contributed by atoms with van der Waals surface area (Å²) >= 11 is 1.67. The van der Waals surface area contributed by atoms with Crippen LogP contribution in [0.15, 0.2) is 29.5 Å². The maximum atomic E-state index is 4.16. The maximum Gasteiger partial charge on any atom is 0.149 e. The summed E-state index contributed by atoms with van der Waals surface area (Å²) < 4.78 is 0. The second-order valence-corrected chi connectivity index (χ2v) is 2.91. The second kappa shape index (κ2) is 2.92. The first-order valence-corrected chi connectivity index (χ1v) is 4.34. The van der Waals surface area contributed by atoms with E-state index < -0.39 is 0 Å². The Hall–Kier alpha value is -1.03. The Bertz CT molecular complexity index is 260. The highest BCUT2D eigenvalue weighted by Gasteiger charge is 2.08. The van der Waals surface area contributed by atoms with Gasteiger partial charge in [0.25, 0.3) is 0 Å². The molecule has 0 radical (unpaired) electrons. The van der Waals surface area contributed by atoms with Gasteiger partial charge in [-0.15, -0.1) is 0 Å². The molecule has 0 N–H and O–H groups in total. The average Bonchev–Trinajstić information content (AvgIpc) is 2.58. The van der Waals surface area contributed by atoms with Crippen molar-refractivity contribution in [2.24, 2.45) is 5.10 Å². The normalized spacial score (nSPS) is 15.8. The van der Waals surface area contributed by atoms with Crippen molar-refractivity contribution in [3.05, 3.63) is 24.4 Å². The first-order valence-electron chi connectivity index (χ1n) is 3.29. The highest BCUT2D eigenvalue weighted by molar-refractivity contribution is 8.12. The van der Waals surface area contributed by atoms with Gasteiger partial charge in [-0.2, -0.15) is 5.10 Å². The molecule has 2 rings (SSSR count). The molecule has 0 amide bonds. The Labute approximate surface area is 69.1 Å². The minimum absolute atomic E-state index is 0.872. The number of rotatable bonds is 1. The summed E-state index contributed by atoms with van der Waals surface area (Å²) in [6.45, 7) is 0. The summed E-state index contributed by atoms with van der Waals surface area (Å²) in [5, 5.41) is 5.98. The summed E-state index contributed by atoms with van der Waals surface area (Å²) in [5.74, 6) is 1.78. The zero-order valence-corrected chi connectivity index (χ0v) is 6.66. The van der Waals surface area contributed by atoms with Crippen molar-refractivity contribution in [3.63, 3.8) is 0 Å². The van der Waals surface area contributed by atoms with Crippen LogP contribution in [0, 0.1) is 0 Å². The molecule has 0 atom stereocenters. The molecule has 1 aliphatic heterocycles. The number of thioether (sulfide) groups is 1. The summed E-state index contributed by atoms with van der Waals surface area (Å²) in [5.41, 5.74) is 1.83. The molecule has 11 heavy (non-hydrogen) atoms. The molecular weight excluding hydrogens is 158 g/mol. The van der Waals surface area contributed by atoms with Gasteiger partial charge in [0.1, 0.15) is 5.82 Å². The molecule has 0 aliphatic carbocycles. The summed E-state index contributed by atoms with van der Waals surface area (Å²) in [4.78, 5) is 4.16. The van der Waals surface area contributed by atoms with Crippen molar-refractivity contribution in [3.8, 4) is 0 Å². The minimum atomic E-state index is 0.872. The van der Waals surface area contributed by atoms with Crippen LogP contribution in [0.25, 0.3) is 0 Å². The lowest BCUT2D eigenvalue weighted by atomic mass is 10.5. The largest absolute Gasteiger partial charge is 0.237 e. The van der Waals surface area contributed by atoms with Gasteiger partial charge in [-0.1, -0.05) is 17.8 Å². The smallest absolute Gasteiger partial charge is 0.149 e. The fraction of sp³-hybridized carbons (Fsp3) is 0.143. The molecule has 56 valence electrons. The number of hydrazone groups is 1. The fourth-order valence-electron chi connectivity index (χ4n) is 0.859. The Balaban J connectivity index is 2.23. The van der Waals surface area contributed by atoms with E-state index in [2.05, 4.69) is 10.1 Å². The Morgan fingerprint density at radius 1 is 1.45 bits per heavy atom. The van der Waals surface area contributed by atoms with Crippen LogP contribution < -0.4 is 5.01 Å². The number of anilines is 1. The fourth-order valence-corrected chi connectivity index (χ4v) is 1.45. The first kappa shape index (κ1) is 6.67. The molecule has 0 aromatic carbocycles. The third-order valence-corrected chi connectivity index (χ3v) is 2.01. The van der Waals surface area contributed by atoms with Crippen molar-refractivity contribution < 1.29 is 0 Å². The van der Waals surface area contributed by atoms with Crippen molar-refractivity contribution in [2.45, 2.75) is 0 Å². The van der Waals surface area contributed by atoms with Gasteiger partial charge in [-0.25, -0.2) is 9.99 Å². The Kier molecular flexibility index (Phi) is 1.77. The molecule has 0 bridgehead atoms. The predicted octanol–water partition coefficient (Wildman–Crippen LogP) is 1.54. The van der Waals surface area contributed by atoms with Crippen LogP contribution in [0.2, 0.25) is 0 Å². The van der Waals surface area contributed by atoms with E-state index in [-0.39, 0.29) is 0 Å². The molecule has 0 unspecified atom stereocenters. The topological polar surface area (TPSA) is 28.5 Å². The van der Waals surface area contributed by atoms with Crippen molar-refractivity contribution in [1.29, 1.82) is 0 Å². The molecular formula is C7H7N3S. The first-order chi connectivity index (χ1) is 5.47. The molecule has 1 aliphatic rings. The van der Waals surface area contributed by atoms with E-state index in [1.54, 1.807) is 18.0 Å². The Morgan fingerprint density at radius 3 is 3.09 bits per heavy atom. The van der Waals surface area contributed by atoms with Gasteiger partial charge in [-0.05, 0) is 12.1 Å². The molecule has 0 fully saturated rings. The number of pyridine rings is 1. The summed E-state index contributed by atoms with van der Waals surface area (Å²) in [7, 11) is 0. The summed E-state index contributed by atoms with van der Waals surface area (Å²) in [6, 6.07) is 5.81. The van der Waals surface area contributed by atoms with Gasteiger partial charge in [0, 0.05) is 6.20 Å². The van der Waals surface area contributed by atoms with E-state index in [0.717, 1.165) is 11.7 Å². The van der Waals surface area contributed by atoms with Crippen molar-refractivity contribution in [1.82, 2.24) is 4.98 Å². The zero-order valence-electron chi connectivity index (χ0n) is 5.84. The highest BCUT2D eigenvalue weighted by Crippen LogP contribution is 2.17. The van der Waals surface area contributed by atoms with Crippen LogP contribution in [0.4, 0.5) is 5.82 Å². The highest BCUT2D eigenvalue weighted by atomic mass is 32.2. The molecule has 2 heterocycles. The zero-order chi connectivity index (χ0) is 7.52. The number of nitrogens with zero attached hydrogens (tertiary/aromatic N) is 3. The van der Waals surface area contributed by atoms with E-state index in [1.807, 2.05) is 28.8 Å². The lowest BCUT2D eigenvalue weighted by Gasteiger charge is -2.09. The second-order valence-electron chi connectivity index (χ2n) is 2.10. The predicted molar refractivity (Wildman–Crippen MR) is 47.7 cm³/mol. The maximum absolute atomic E-state index is 4.16. The minimum Gasteiger partial charge on any atom is -0.237 e. The number of aromatic nitrogens is 1. The van der Waals surface area contributed by atoms with Gasteiger partial charge in [0.05, 0.1) is 11.4 Å². The van der Waals surface area contributed by atoms with E-state index in [0.29, 0.717) is 0 Å². The van der Waals surface area contributed by atoms with Gasteiger partial charge in [0.2, 0.25) is 0 Å². The lowest BCUT2D eigenvalue weighted by Crippen LogP contribution is -2.11. The van der Waals surface area contributed by atoms with E-state index in [4.69, 9.17) is 0 Å². The van der Waals surface area contributed by atoms with Crippen LogP contribution in [0.3, 0.4) is 0 Å². The molecule has 1 aromatic heterocycles. The summed E-state index contributed by atoms with van der Waals surface area (Å²) in [6.07, 6.45) is 1.77. The monoisotopic (exact) mass is 165 g/mol. The molecule has 0 saturated carbocycles.